The third-order valence-electron chi connectivity index (χ3n) is 5.31. The fraction of sp³-hybridized carbons (Fsp3) is 0.391. The maximum absolute atomic E-state index is 12.9. The number of hydrogen-bond donors (Lipinski definition) is 2. The van der Waals surface area contributed by atoms with Crippen LogP contribution < -0.4 is 15.1 Å². The molecular formula is C23H25F3N6O4. The average molecular weight is 506 g/mol. The van der Waals surface area contributed by atoms with Gasteiger partial charge >= 0.3 is 12.2 Å². The molecule has 1 aliphatic rings. The van der Waals surface area contributed by atoms with Crippen LogP contribution in [0.5, 0.6) is 6.01 Å². The third-order valence-corrected chi connectivity index (χ3v) is 5.31. The molecule has 1 fully saturated rings. The zero-order valence-electron chi connectivity index (χ0n) is 19.5. The molecule has 36 heavy (non-hydrogen) atoms. The third kappa shape index (κ3) is 6.56. The number of aliphatic hydroxyl groups excluding tert-OH is 1. The van der Waals surface area contributed by atoms with Crippen LogP contribution in [0.3, 0.4) is 0 Å². The normalized spacial score (nSPS) is 14.1. The van der Waals surface area contributed by atoms with Gasteiger partial charge in [-0.1, -0.05) is 6.07 Å². The second-order valence-electron chi connectivity index (χ2n) is 7.92. The van der Waals surface area contributed by atoms with Crippen molar-refractivity contribution in [1.82, 2.24) is 20.2 Å². The van der Waals surface area contributed by atoms with E-state index >= 15 is 0 Å². The van der Waals surface area contributed by atoms with Crippen LogP contribution in [0.15, 0.2) is 36.5 Å². The molecule has 13 heteroatoms. The summed E-state index contributed by atoms with van der Waals surface area (Å²) in [5.74, 6) is 0.674. The quantitative estimate of drug-likeness (QED) is 0.420. The number of hydrogen-bond acceptors (Lipinski definition) is 10. The number of nitrogens with one attached hydrogen (secondary N) is 1. The van der Waals surface area contributed by atoms with Gasteiger partial charge in [-0.05, 0) is 30.7 Å². The van der Waals surface area contributed by atoms with Gasteiger partial charge in [-0.25, -0.2) is 0 Å². The highest BCUT2D eigenvalue weighted by Gasteiger charge is 2.31. The summed E-state index contributed by atoms with van der Waals surface area (Å²) in [5.41, 5.74) is 4.71. The summed E-state index contributed by atoms with van der Waals surface area (Å²) in [6.45, 7) is 4.07. The van der Waals surface area contributed by atoms with Gasteiger partial charge in [0.05, 0.1) is 48.7 Å². The minimum Gasteiger partial charge on any atom is -0.461 e. The Balaban J connectivity index is 1.53. The van der Waals surface area contributed by atoms with Crippen molar-refractivity contribution in [3.8, 4) is 17.3 Å². The topological polar surface area (TPSA) is 115 Å². The number of aromatic nitrogens is 4. The summed E-state index contributed by atoms with van der Waals surface area (Å²) < 4.78 is 49.6. The molecule has 2 aromatic heterocycles. The summed E-state index contributed by atoms with van der Waals surface area (Å²) in [5, 5.41) is 16.2. The van der Waals surface area contributed by atoms with E-state index in [4.69, 9.17) is 19.4 Å². The lowest BCUT2D eigenvalue weighted by Crippen LogP contribution is -2.36. The van der Waals surface area contributed by atoms with Gasteiger partial charge in [-0.15, -0.1) is 0 Å². The van der Waals surface area contributed by atoms with Crippen LogP contribution in [-0.2, 0) is 22.4 Å². The summed E-state index contributed by atoms with van der Waals surface area (Å²) in [4.78, 5) is 16.4. The van der Waals surface area contributed by atoms with Crippen LogP contribution in [0.4, 0.5) is 24.7 Å². The average Bonchev–Trinajstić information content (AvgIpc) is 2.88. The molecule has 0 saturated carbocycles. The Kier molecular flexibility index (Phi) is 8.13. The number of ether oxygens (including phenoxy) is 2. The molecule has 1 saturated heterocycles. The minimum atomic E-state index is -4.51. The molecule has 4 rings (SSSR count). The molecule has 0 unspecified atom stereocenters. The molecule has 0 atom stereocenters. The van der Waals surface area contributed by atoms with Crippen molar-refractivity contribution in [3.05, 3.63) is 53.3 Å². The molecule has 10 nitrogen and oxygen atoms in total. The fourth-order valence-electron chi connectivity index (χ4n) is 3.50. The van der Waals surface area contributed by atoms with E-state index in [0.29, 0.717) is 49.7 Å². The molecule has 1 aliphatic heterocycles. The lowest BCUT2D eigenvalue weighted by molar-refractivity contribution is -0.138. The van der Waals surface area contributed by atoms with Gasteiger partial charge in [-0.3, -0.25) is 10.3 Å². The molecule has 0 spiro atoms. The molecule has 2 N–H and O–H groups in total. The largest absolute Gasteiger partial charge is 0.461 e. The molecule has 0 radical (unpaired) electrons. The van der Waals surface area contributed by atoms with Gasteiger partial charge in [0.25, 0.3) is 0 Å². The van der Waals surface area contributed by atoms with E-state index in [1.807, 2.05) is 19.1 Å². The molecule has 3 aromatic rings. The molecule has 0 amide bonds. The van der Waals surface area contributed by atoms with Gasteiger partial charge in [0.2, 0.25) is 0 Å². The fourth-order valence-corrected chi connectivity index (χ4v) is 3.50. The van der Waals surface area contributed by atoms with E-state index in [0.717, 1.165) is 17.2 Å². The molecule has 3 heterocycles. The number of rotatable bonds is 9. The highest BCUT2D eigenvalue weighted by molar-refractivity contribution is 5.70. The predicted molar refractivity (Wildman–Crippen MR) is 123 cm³/mol. The van der Waals surface area contributed by atoms with E-state index in [1.165, 1.54) is 0 Å². The van der Waals surface area contributed by atoms with Gasteiger partial charge < -0.3 is 19.5 Å². The first-order valence-electron chi connectivity index (χ1n) is 11.2. The van der Waals surface area contributed by atoms with Crippen molar-refractivity contribution in [1.29, 1.82) is 0 Å². The highest BCUT2D eigenvalue weighted by Crippen LogP contribution is 2.30. The number of halogens is 3. The standard InChI is InChI=1S/C23H25F3N6O4/c1-15-2-3-17(31-36-14-18-10-16(13-27-30-18)23(24,25)26)11-19(15)20-12-21(32-4-7-34-8-5-32)29-22(28-20)35-9-6-33/h2-3,10-13,31,33H,4-9,14H2,1H3. The number of benzene rings is 1. The van der Waals surface area contributed by atoms with Crippen LogP contribution >= 0.6 is 0 Å². The Bertz CT molecular complexity index is 1170. The van der Waals surface area contributed by atoms with E-state index < -0.39 is 11.7 Å². The monoisotopic (exact) mass is 506 g/mol. The smallest absolute Gasteiger partial charge is 0.418 e. The van der Waals surface area contributed by atoms with E-state index in [1.54, 1.807) is 12.1 Å². The van der Waals surface area contributed by atoms with Crippen LogP contribution in [0.25, 0.3) is 11.3 Å². The Labute approximate surface area is 205 Å². The van der Waals surface area contributed by atoms with Crippen molar-refractivity contribution in [2.45, 2.75) is 19.7 Å². The van der Waals surface area contributed by atoms with Crippen molar-refractivity contribution in [2.75, 3.05) is 49.9 Å². The van der Waals surface area contributed by atoms with Crippen LogP contribution in [0.2, 0.25) is 0 Å². The van der Waals surface area contributed by atoms with Crippen molar-refractivity contribution < 1.29 is 32.6 Å². The number of aryl methyl sites for hydroxylation is 1. The van der Waals surface area contributed by atoms with E-state index in [-0.39, 0.29) is 31.5 Å². The number of morpholine rings is 1. The minimum absolute atomic E-state index is 0.0290. The van der Waals surface area contributed by atoms with E-state index in [9.17, 15) is 13.2 Å². The van der Waals surface area contributed by atoms with Gasteiger partial charge in [0.15, 0.2) is 0 Å². The number of aliphatic hydroxyl groups is 1. The molecular weight excluding hydrogens is 481 g/mol. The SMILES string of the molecule is Cc1ccc(NOCc2cc(C(F)(F)F)cnn2)cc1-c1cc(N2CCOCC2)nc(OCCO)n1. The zero-order valence-corrected chi connectivity index (χ0v) is 19.5. The Morgan fingerprint density at radius 1 is 1.14 bits per heavy atom. The number of nitrogens with zero attached hydrogens (tertiary/aromatic N) is 5. The highest BCUT2D eigenvalue weighted by atomic mass is 19.4. The second-order valence-corrected chi connectivity index (χ2v) is 7.92. The maximum atomic E-state index is 12.9. The predicted octanol–water partition coefficient (Wildman–Crippen LogP) is 3.01. The zero-order chi connectivity index (χ0) is 25.5. The van der Waals surface area contributed by atoms with Gasteiger partial charge in [-0.2, -0.15) is 33.3 Å². The van der Waals surface area contributed by atoms with Crippen LogP contribution in [0, 0.1) is 6.92 Å². The Morgan fingerprint density at radius 2 is 1.94 bits per heavy atom. The first-order valence-corrected chi connectivity index (χ1v) is 11.2. The van der Waals surface area contributed by atoms with Crippen LogP contribution in [-0.4, -0.2) is 64.8 Å². The Morgan fingerprint density at radius 3 is 2.69 bits per heavy atom. The second kappa shape index (κ2) is 11.5. The van der Waals surface area contributed by atoms with Gasteiger partial charge in [0, 0.05) is 24.7 Å². The van der Waals surface area contributed by atoms with Crippen molar-refractivity contribution in [2.24, 2.45) is 0 Å². The summed E-state index contributed by atoms with van der Waals surface area (Å²) in [6, 6.07) is 8.30. The Hall–Kier alpha value is -3.55. The van der Waals surface area contributed by atoms with Gasteiger partial charge in [0.1, 0.15) is 19.0 Å². The summed E-state index contributed by atoms with van der Waals surface area (Å²) in [7, 11) is 0. The molecule has 0 bridgehead atoms. The van der Waals surface area contributed by atoms with Crippen molar-refractivity contribution >= 4 is 11.5 Å². The summed E-state index contributed by atoms with van der Waals surface area (Å²) >= 11 is 0. The van der Waals surface area contributed by atoms with E-state index in [2.05, 4.69) is 30.5 Å². The number of alkyl halides is 3. The molecule has 0 aliphatic carbocycles. The lowest BCUT2D eigenvalue weighted by atomic mass is 10.0. The lowest BCUT2D eigenvalue weighted by Gasteiger charge is -2.28. The first kappa shape index (κ1) is 25.5. The van der Waals surface area contributed by atoms with Crippen molar-refractivity contribution in [3.63, 3.8) is 0 Å². The van der Waals surface area contributed by atoms with Crippen LogP contribution in [0.1, 0.15) is 16.8 Å². The maximum Gasteiger partial charge on any atom is 0.418 e. The molecule has 192 valence electrons. The number of anilines is 2. The first-order chi connectivity index (χ1) is 17.3. The molecule has 1 aromatic carbocycles. The summed E-state index contributed by atoms with van der Waals surface area (Å²) in [6.07, 6.45) is -3.85.